The van der Waals surface area contributed by atoms with E-state index in [1.807, 2.05) is 24.3 Å². The second kappa shape index (κ2) is 3.47. The van der Waals surface area contributed by atoms with Crippen LogP contribution in [0.5, 0.6) is 5.75 Å². The summed E-state index contributed by atoms with van der Waals surface area (Å²) in [5.74, 6) is 0.766. The topological polar surface area (TPSA) is 9.23 Å². The Bertz CT molecular complexity index is 210. The van der Waals surface area contributed by atoms with Gasteiger partial charge in [0, 0.05) is 0 Å². The lowest BCUT2D eigenvalue weighted by Crippen LogP contribution is -1.88. The molecule has 0 saturated carbocycles. The molecule has 53 valence electrons. The summed E-state index contributed by atoms with van der Waals surface area (Å²) in [6, 6.07) is 7.65. The highest BCUT2D eigenvalue weighted by Crippen LogP contribution is 2.12. The van der Waals surface area contributed by atoms with E-state index in [2.05, 4.69) is 6.92 Å². The zero-order valence-corrected chi connectivity index (χ0v) is 6.27. The zero-order chi connectivity index (χ0) is 7.40. The van der Waals surface area contributed by atoms with Crippen molar-refractivity contribution in [3.63, 3.8) is 0 Å². The van der Waals surface area contributed by atoms with Crippen molar-refractivity contribution in [2.45, 2.75) is 0 Å². The summed E-state index contributed by atoms with van der Waals surface area (Å²) >= 11 is 5.35. The summed E-state index contributed by atoms with van der Waals surface area (Å²) in [6.45, 7) is 3.74. The van der Waals surface area contributed by atoms with Gasteiger partial charge in [-0.15, -0.1) is 0 Å². The van der Waals surface area contributed by atoms with Crippen LogP contribution in [-0.2, 0) is 0 Å². The number of ether oxygens (including phenoxy) is 1. The van der Waals surface area contributed by atoms with Crippen LogP contribution >= 0.6 is 11.6 Å². The van der Waals surface area contributed by atoms with E-state index in [1.54, 1.807) is 0 Å². The molecule has 0 aliphatic heterocycles. The van der Waals surface area contributed by atoms with Gasteiger partial charge in [0.15, 0.2) is 6.07 Å². The van der Waals surface area contributed by atoms with Crippen LogP contribution in [0.1, 0.15) is 5.56 Å². The molecule has 2 heteroatoms. The average Bonchev–Trinajstić information content (AvgIpc) is 1.88. The minimum Gasteiger partial charge on any atom is -0.478 e. The Labute approximate surface area is 65.6 Å². The van der Waals surface area contributed by atoms with Crippen LogP contribution in [0.3, 0.4) is 0 Å². The summed E-state index contributed by atoms with van der Waals surface area (Å²) in [7, 11) is 0. The molecule has 1 aromatic rings. The number of alkyl halides is 1. The second-order valence-electron chi connectivity index (χ2n) is 1.90. The third-order valence-corrected chi connectivity index (χ3v) is 1.23. The van der Waals surface area contributed by atoms with Gasteiger partial charge in [-0.1, -0.05) is 23.7 Å². The molecule has 1 rings (SSSR count). The van der Waals surface area contributed by atoms with Crippen molar-refractivity contribution in [1.82, 2.24) is 0 Å². The SMILES string of the molecule is [CH2]c1cccc(OCCl)c1. The van der Waals surface area contributed by atoms with Crippen molar-refractivity contribution in [2.75, 3.05) is 6.07 Å². The number of hydrogen-bond acceptors (Lipinski definition) is 1. The molecule has 0 aliphatic carbocycles. The van der Waals surface area contributed by atoms with Crippen LogP contribution in [0.2, 0.25) is 0 Å². The maximum atomic E-state index is 5.35. The predicted octanol–water partition coefficient (Wildman–Crippen LogP) is 2.44. The molecule has 0 amide bonds. The Balaban J connectivity index is 2.75. The smallest absolute Gasteiger partial charge is 0.162 e. The third kappa shape index (κ3) is 1.92. The molecule has 0 bridgehead atoms. The van der Waals surface area contributed by atoms with Crippen molar-refractivity contribution < 1.29 is 4.74 Å². The molecule has 10 heavy (non-hydrogen) atoms. The molecule has 0 unspecified atom stereocenters. The normalized spacial score (nSPS) is 9.40. The molecule has 0 atom stereocenters. The fraction of sp³-hybridized carbons (Fsp3) is 0.125. The Morgan fingerprint density at radius 2 is 2.30 bits per heavy atom. The van der Waals surface area contributed by atoms with Gasteiger partial charge >= 0.3 is 0 Å². The third-order valence-electron chi connectivity index (χ3n) is 1.12. The van der Waals surface area contributed by atoms with E-state index in [9.17, 15) is 0 Å². The maximum Gasteiger partial charge on any atom is 0.162 e. The summed E-state index contributed by atoms with van der Waals surface area (Å²) in [5, 5.41) is 0. The first-order valence-corrected chi connectivity index (χ1v) is 3.47. The van der Waals surface area contributed by atoms with Gasteiger partial charge < -0.3 is 4.74 Å². The second-order valence-corrected chi connectivity index (χ2v) is 2.12. The predicted molar refractivity (Wildman–Crippen MR) is 42.2 cm³/mol. The molecule has 0 heterocycles. The van der Waals surface area contributed by atoms with Crippen molar-refractivity contribution in [3.05, 3.63) is 36.8 Å². The molecule has 0 spiro atoms. The van der Waals surface area contributed by atoms with E-state index < -0.39 is 0 Å². The van der Waals surface area contributed by atoms with Crippen LogP contribution in [0.4, 0.5) is 0 Å². The summed E-state index contributed by atoms with van der Waals surface area (Å²) in [5.41, 5.74) is 0.933. The van der Waals surface area contributed by atoms with E-state index in [4.69, 9.17) is 16.3 Å². The van der Waals surface area contributed by atoms with Crippen LogP contribution in [-0.4, -0.2) is 6.07 Å². The molecule has 0 fully saturated rings. The van der Waals surface area contributed by atoms with Crippen molar-refractivity contribution in [2.24, 2.45) is 0 Å². The Kier molecular flexibility index (Phi) is 2.57. The van der Waals surface area contributed by atoms with Crippen LogP contribution in [0.15, 0.2) is 24.3 Å². The van der Waals surface area contributed by atoms with E-state index in [1.165, 1.54) is 0 Å². The molecule has 1 radical (unpaired) electrons. The number of hydrogen-bond donors (Lipinski definition) is 0. The molecule has 0 aromatic heterocycles. The van der Waals surface area contributed by atoms with Gasteiger partial charge in [-0.25, -0.2) is 0 Å². The lowest BCUT2D eigenvalue weighted by atomic mass is 10.2. The Hall–Kier alpha value is -0.690. The van der Waals surface area contributed by atoms with Crippen molar-refractivity contribution in [1.29, 1.82) is 0 Å². The highest BCUT2D eigenvalue weighted by Gasteiger charge is 1.89. The fourth-order valence-corrected chi connectivity index (χ4v) is 0.824. The fourth-order valence-electron chi connectivity index (χ4n) is 0.698. The van der Waals surface area contributed by atoms with Gasteiger partial charge in [-0.2, -0.15) is 0 Å². The van der Waals surface area contributed by atoms with E-state index >= 15 is 0 Å². The molecule has 0 N–H and O–H groups in total. The molecular weight excluding hydrogens is 148 g/mol. The molecular formula is C8H8ClO. The first-order valence-electron chi connectivity index (χ1n) is 2.93. The van der Waals surface area contributed by atoms with E-state index in [-0.39, 0.29) is 6.07 Å². The van der Waals surface area contributed by atoms with E-state index in [0.29, 0.717) is 0 Å². The average molecular weight is 156 g/mol. The van der Waals surface area contributed by atoms with Gasteiger partial charge in [0.1, 0.15) is 5.75 Å². The number of halogens is 1. The lowest BCUT2D eigenvalue weighted by molar-refractivity contribution is 0.388. The van der Waals surface area contributed by atoms with Gasteiger partial charge in [-0.3, -0.25) is 0 Å². The summed E-state index contributed by atoms with van der Waals surface area (Å²) in [4.78, 5) is 0. The van der Waals surface area contributed by atoms with Gasteiger partial charge in [0.25, 0.3) is 0 Å². The van der Waals surface area contributed by atoms with Crippen LogP contribution in [0, 0.1) is 6.92 Å². The minimum absolute atomic E-state index is 0.184. The first-order chi connectivity index (χ1) is 4.83. The van der Waals surface area contributed by atoms with E-state index in [0.717, 1.165) is 11.3 Å². The molecule has 0 aliphatic rings. The largest absolute Gasteiger partial charge is 0.478 e. The molecule has 1 aromatic carbocycles. The zero-order valence-electron chi connectivity index (χ0n) is 5.51. The Morgan fingerprint density at radius 3 is 2.90 bits per heavy atom. The van der Waals surface area contributed by atoms with Gasteiger partial charge in [0.05, 0.1) is 0 Å². The summed E-state index contributed by atoms with van der Waals surface area (Å²) in [6.07, 6.45) is 0. The number of rotatable bonds is 2. The molecule has 1 nitrogen and oxygen atoms in total. The number of benzene rings is 1. The first kappa shape index (κ1) is 7.42. The van der Waals surface area contributed by atoms with Crippen LogP contribution < -0.4 is 4.74 Å². The quantitative estimate of drug-likeness (QED) is 0.597. The van der Waals surface area contributed by atoms with Gasteiger partial charge in [0.2, 0.25) is 0 Å². The Morgan fingerprint density at radius 1 is 1.50 bits per heavy atom. The summed E-state index contributed by atoms with van der Waals surface area (Å²) < 4.78 is 5.01. The highest BCUT2D eigenvalue weighted by molar-refractivity contribution is 6.17. The minimum atomic E-state index is 0.184. The lowest BCUT2D eigenvalue weighted by Gasteiger charge is -2.00. The highest BCUT2D eigenvalue weighted by atomic mass is 35.5. The monoisotopic (exact) mass is 155 g/mol. The standard InChI is InChI=1S/C8H8ClO/c1-7-3-2-4-8(5-7)10-6-9/h2-5H,1,6H2. The van der Waals surface area contributed by atoms with Crippen molar-refractivity contribution >= 4 is 11.6 Å². The van der Waals surface area contributed by atoms with Gasteiger partial charge in [-0.05, 0) is 24.6 Å². The molecule has 0 saturated heterocycles. The van der Waals surface area contributed by atoms with Crippen molar-refractivity contribution in [3.8, 4) is 5.75 Å². The maximum absolute atomic E-state index is 5.35. The van der Waals surface area contributed by atoms with Crippen LogP contribution in [0.25, 0.3) is 0 Å².